The first-order valence-corrected chi connectivity index (χ1v) is 11.6. The second kappa shape index (κ2) is 8.83. The van der Waals surface area contributed by atoms with Gasteiger partial charge in [-0.15, -0.1) is 0 Å². The molecule has 3 heteroatoms. The van der Waals surface area contributed by atoms with Gasteiger partial charge in [0.25, 0.3) is 0 Å². The van der Waals surface area contributed by atoms with Crippen molar-refractivity contribution in [2.24, 2.45) is 0 Å². The fourth-order valence-electron chi connectivity index (χ4n) is 4.92. The summed E-state index contributed by atoms with van der Waals surface area (Å²) >= 11 is 0. The molecule has 0 saturated carbocycles. The molecule has 35 heavy (non-hydrogen) atoms. The van der Waals surface area contributed by atoms with Crippen molar-refractivity contribution in [2.45, 2.75) is 0 Å². The van der Waals surface area contributed by atoms with Gasteiger partial charge in [0.05, 0.1) is 11.1 Å². The van der Waals surface area contributed by atoms with Gasteiger partial charge in [-0.05, 0) is 68.1 Å². The first kappa shape index (κ1) is 20.7. The summed E-state index contributed by atoms with van der Waals surface area (Å²) in [6, 6.07) is 39.3. The third kappa shape index (κ3) is 3.61. The van der Waals surface area contributed by atoms with Crippen LogP contribution >= 0.6 is 0 Å². The van der Waals surface area contributed by atoms with Crippen LogP contribution in [0.4, 0.5) is 0 Å². The molecule has 3 nitrogen and oxygen atoms in total. The van der Waals surface area contributed by atoms with E-state index in [1.165, 1.54) is 5.56 Å². The van der Waals surface area contributed by atoms with Crippen molar-refractivity contribution in [1.29, 1.82) is 0 Å². The fourth-order valence-corrected chi connectivity index (χ4v) is 4.92. The zero-order valence-corrected chi connectivity index (χ0v) is 19.0. The van der Waals surface area contributed by atoms with E-state index in [4.69, 9.17) is 0 Å². The van der Waals surface area contributed by atoms with Gasteiger partial charge in [-0.25, -0.2) is 0 Å². The molecule has 1 aromatic heterocycles. The van der Waals surface area contributed by atoms with Gasteiger partial charge < -0.3 is 5.53 Å². The Hall–Kier alpha value is -4.85. The van der Waals surface area contributed by atoms with Crippen LogP contribution in [0.3, 0.4) is 0 Å². The van der Waals surface area contributed by atoms with Gasteiger partial charge in [-0.1, -0.05) is 91.0 Å². The number of benzene rings is 5. The third-order valence-corrected chi connectivity index (χ3v) is 6.50. The minimum absolute atomic E-state index is 0.554. The highest BCUT2D eigenvalue weighted by Crippen LogP contribution is 2.40. The lowest BCUT2D eigenvalue weighted by molar-refractivity contribution is -0.00256. The number of nitrogens with zero attached hydrogens (tertiary/aromatic N) is 3. The SMILES string of the molecule is [N-]=[N+]=C(c1ccc(-c2ccncc2)cc1)c1c2ccccc2c(-c2ccccc2)c2ccccc12. The molecule has 0 aliphatic rings. The maximum atomic E-state index is 10.3. The number of aromatic nitrogens is 1. The lowest BCUT2D eigenvalue weighted by Gasteiger charge is -2.15. The monoisotopic (exact) mass is 447 g/mol. The van der Waals surface area contributed by atoms with E-state index in [0.29, 0.717) is 5.71 Å². The Labute approximate surface area is 203 Å². The van der Waals surface area contributed by atoms with E-state index in [2.05, 4.69) is 82.6 Å². The molecule has 0 N–H and O–H groups in total. The zero-order chi connectivity index (χ0) is 23.6. The predicted octanol–water partition coefficient (Wildman–Crippen LogP) is 7.79. The molecule has 0 radical (unpaired) electrons. The summed E-state index contributed by atoms with van der Waals surface area (Å²) in [4.78, 5) is 7.94. The largest absolute Gasteiger partial charge is 0.361 e. The molecule has 6 rings (SSSR count). The normalized spacial score (nSPS) is 10.9. The Kier molecular flexibility index (Phi) is 5.23. The van der Waals surface area contributed by atoms with Crippen molar-refractivity contribution in [3.63, 3.8) is 0 Å². The van der Waals surface area contributed by atoms with Gasteiger partial charge >= 0.3 is 5.71 Å². The number of hydrogen-bond acceptors (Lipinski definition) is 1. The molecule has 0 fully saturated rings. The van der Waals surface area contributed by atoms with Crippen LogP contribution in [0.2, 0.25) is 0 Å². The van der Waals surface area contributed by atoms with E-state index < -0.39 is 0 Å². The molecule has 1 heterocycles. The smallest absolute Gasteiger partial charge is 0.330 e. The lowest BCUT2D eigenvalue weighted by Crippen LogP contribution is -2.07. The Bertz CT molecular complexity index is 1660. The van der Waals surface area contributed by atoms with Crippen LogP contribution in [-0.4, -0.2) is 15.5 Å². The molecule has 6 aromatic rings. The Balaban J connectivity index is 1.61. The summed E-state index contributed by atoms with van der Waals surface area (Å²) in [5, 5.41) is 4.36. The summed E-state index contributed by atoms with van der Waals surface area (Å²) in [6.07, 6.45) is 3.58. The summed E-state index contributed by atoms with van der Waals surface area (Å²) < 4.78 is 0. The number of pyridine rings is 1. The molecule has 0 atom stereocenters. The maximum absolute atomic E-state index is 10.3. The quantitative estimate of drug-likeness (QED) is 0.118. The van der Waals surface area contributed by atoms with Gasteiger partial charge in [-0.2, -0.15) is 4.79 Å². The van der Waals surface area contributed by atoms with E-state index in [-0.39, 0.29) is 0 Å². The van der Waals surface area contributed by atoms with Crippen LogP contribution in [0, 0.1) is 0 Å². The topological polar surface area (TPSA) is 49.3 Å². The molecule has 0 aliphatic heterocycles. The molecular weight excluding hydrogens is 426 g/mol. The Morgan fingerprint density at radius 2 is 1.03 bits per heavy atom. The van der Waals surface area contributed by atoms with Gasteiger partial charge in [-0.3, -0.25) is 4.98 Å². The van der Waals surface area contributed by atoms with E-state index in [9.17, 15) is 5.53 Å². The highest BCUT2D eigenvalue weighted by atomic mass is 14.9. The van der Waals surface area contributed by atoms with Crippen LogP contribution in [0.25, 0.3) is 49.3 Å². The minimum Gasteiger partial charge on any atom is -0.361 e. The van der Waals surface area contributed by atoms with Crippen molar-refractivity contribution < 1.29 is 4.79 Å². The van der Waals surface area contributed by atoms with Gasteiger partial charge in [0.1, 0.15) is 0 Å². The molecule has 0 unspecified atom stereocenters. The summed E-state index contributed by atoms with van der Waals surface area (Å²) in [6.45, 7) is 0. The number of rotatable bonds is 4. The summed E-state index contributed by atoms with van der Waals surface area (Å²) in [5.74, 6) is 0. The number of hydrogen-bond donors (Lipinski definition) is 0. The fraction of sp³-hybridized carbons (Fsp3) is 0. The first-order valence-electron chi connectivity index (χ1n) is 11.6. The van der Waals surface area contributed by atoms with Crippen LogP contribution in [0.5, 0.6) is 0 Å². The standard InChI is InChI=1S/C32H21N3/c33-35-32(25-16-14-22(15-17-25)23-18-20-34-21-19-23)31-28-12-6-4-10-26(28)30(24-8-2-1-3-9-24)27-11-5-7-13-29(27)31/h1-21H. The minimum atomic E-state index is 0.554. The third-order valence-electron chi connectivity index (χ3n) is 6.50. The molecule has 164 valence electrons. The summed E-state index contributed by atoms with van der Waals surface area (Å²) in [5.41, 5.74) is 17.2. The van der Waals surface area contributed by atoms with E-state index >= 15 is 0 Å². The first-order chi connectivity index (χ1) is 17.3. The van der Waals surface area contributed by atoms with E-state index in [1.54, 1.807) is 12.4 Å². The molecular formula is C32H21N3. The van der Waals surface area contributed by atoms with E-state index in [1.807, 2.05) is 42.5 Å². The van der Waals surface area contributed by atoms with Crippen LogP contribution in [0.15, 0.2) is 128 Å². The van der Waals surface area contributed by atoms with Crippen molar-refractivity contribution in [1.82, 2.24) is 4.98 Å². The van der Waals surface area contributed by atoms with Crippen LogP contribution in [-0.2, 0) is 0 Å². The van der Waals surface area contributed by atoms with Crippen LogP contribution < -0.4 is 0 Å². The van der Waals surface area contributed by atoms with Gasteiger partial charge in [0.15, 0.2) is 0 Å². The van der Waals surface area contributed by atoms with Crippen molar-refractivity contribution in [2.75, 3.05) is 0 Å². The molecule has 0 aliphatic carbocycles. The van der Waals surface area contributed by atoms with Crippen molar-refractivity contribution in [3.05, 3.63) is 144 Å². The molecule has 0 spiro atoms. The van der Waals surface area contributed by atoms with Gasteiger partial charge in [0.2, 0.25) is 0 Å². The predicted molar refractivity (Wildman–Crippen MR) is 143 cm³/mol. The molecule has 0 amide bonds. The average Bonchev–Trinajstić information content (AvgIpc) is 2.94. The Morgan fingerprint density at radius 1 is 0.514 bits per heavy atom. The highest BCUT2D eigenvalue weighted by Gasteiger charge is 2.24. The zero-order valence-electron chi connectivity index (χ0n) is 19.0. The van der Waals surface area contributed by atoms with Gasteiger partial charge in [0, 0.05) is 12.4 Å². The molecule has 0 bridgehead atoms. The van der Waals surface area contributed by atoms with E-state index in [0.717, 1.165) is 49.4 Å². The summed E-state index contributed by atoms with van der Waals surface area (Å²) in [7, 11) is 0. The molecule has 5 aromatic carbocycles. The lowest BCUT2D eigenvalue weighted by atomic mass is 9.85. The maximum Gasteiger partial charge on any atom is 0.330 e. The molecule has 0 saturated heterocycles. The Morgan fingerprint density at radius 3 is 1.60 bits per heavy atom. The number of fused-ring (bicyclic) bond motifs is 2. The van der Waals surface area contributed by atoms with Crippen molar-refractivity contribution >= 4 is 27.3 Å². The van der Waals surface area contributed by atoms with Crippen LogP contribution in [0.1, 0.15) is 11.1 Å². The highest BCUT2D eigenvalue weighted by molar-refractivity contribution is 6.28. The van der Waals surface area contributed by atoms with Crippen molar-refractivity contribution in [3.8, 4) is 22.3 Å². The second-order valence-corrected chi connectivity index (χ2v) is 8.47. The second-order valence-electron chi connectivity index (χ2n) is 8.47. The average molecular weight is 448 g/mol.